The van der Waals surface area contributed by atoms with Gasteiger partial charge in [-0.1, -0.05) is 18.2 Å². The summed E-state index contributed by atoms with van der Waals surface area (Å²) < 4.78 is 1.93. The van der Waals surface area contributed by atoms with Gasteiger partial charge in [0.05, 0.1) is 5.69 Å². The molecule has 1 aromatic carbocycles. The van der Waals surface area contributed by atoms with Crippen LogP contribution in [-0.4, -0.2) is 28.0 Å². The number of amides is 1. The third kappa shape index (κ3) is 3.25. The largest absolute Gasteiger partial charge is 0.351 e. The van der Waals surface area contributed by atoms with Crippen molar-refractivity contribution in [3.8, 4) is 5.69 Å². The van der Waals surface area contributed by atoms with Gasteiger partial charge in [-0.2, -0.15) is 5.10 Å². The normalized spacial score (nSPS) is 12.9. The van der Waals surface area contributed by atoms with Crippen LogP contribution in [0.4, 0.5) is 0 Å². The van der Waals surface area contributed by atoms with Gasteiger partial charge in [-0.25, -0.2) is 4.68 Å². The van der Waals surface area contributed by atoms with Gasteiger partial charge in [0.2, 0.25) is 0 Å². The molecular weight excluding hydrogens is 302 g/mol. The van der Waals surface area contributed by atoms with Crippen LogP contribution in [0.1, 0.15) is 53.5 Å². The summed E-state index contributed by atoms with van der Waals surface area (Å²) in [5.74, 6) is 0.0120. The van der Waals surface area contributed by atoms with Gasteiger partial charge in [0.15, 0.2) is 5.69 Å². The molecule has 0 unspecified atom stereocenters. The molecule has 126 valence electrons. The van der Waals surface area contributed by atoms with Crippen LogP contribution in [0, 0.1) is 6.92 Å². The van der Waals surface area contributed by atoms with Crippen molar-refractivity contribution in [2.75, 3.05) is 6.54 Å². The molecule has 1 aromatic heterocycles. The lowest BCUT2D eigenvalue weighted by atomic mass is 10.1. The predicted octanol–water partition coefficient (Wildman–Crippen LogP) is 2.77. The zero-order chi connectivity index (χ0) is 17.1. The van der Waals surface area contributed by atoms with Gasteiger partial charge in [-0.15, -0.1) is 0 Å². The zero-order valence-electron chi connectivity index (χ0n) is 14.3. The predicted molar refractivity (Wildman–Crippen MR) is 92.6 cm³/mol. The topological polar surface area (TPSA) is 64.0 Å². The van der Waals surface area contributed by atoms with E-state index < -0.39 is 0 Å². The number of benzene rings is 1. The maximum Gasteiger partial charge on any atom is 0.272 e. The average molecular weight is 325 g/mol. The summed E-state index contributed by atoms with van der Waals surface area (Å²) in [5.41, 5.74) is 4.93. The first-order chi connectivity index (χ1) is 11.6. The van der Waals surface area contributed by atoms with Crippen molar-refractivity contribution in [1.82, 2.24) is 15.1 Å². The number of fused-ring (bicyclic) bond motifs is 1. The lowest BCUT2D eigenvalue weighted by molar-refractivity contribution is -0.117. The van der Waals surface area contributed by atoms with Crippen LogP contribution < -0.4 is 5.32 Å². The Kier molecular flexibility index (Phi) is 4.79. The summed E-state index contributed by atoms with van der Waals surface area (Å²) in [7, 11) is 0. The summed E-state index contributed by atoms with van der Waals surface area (Å²) >= 11 is 0. The molecule has 1 aliphatic carbocycles. The van der Waals surface area contributed by atoms with E-state index in [9.17, 15) is 9.59 Å². The molecule has 0 aliphatic heterocycles. The number of carbonyl (C=O) groups excluding carboxylic acids is 2. The lowest BCUT2D eigenvalue weighted by Gasteiger charge is -2.08. The minimum Gasteiger partial charge on any atom is -0.351 e. The molecule has 1 N–H and O–H groups in total. The van der Waals surface area contributed by atoms with Gasteiger partial charge < -0.3 is 10.1 Å². The van der Waals surface area contributed by atoms with Crippen LogP contribution in [0.5, 0.6) is 0 Å². The van der Waals surface area contributed by atoms with Crippen LogP contribution in [0.25, 0.3) is 5.69 Å². The Hall–Kier alpha value is -2.43. The molecule has 5 nitrogen and oxygen atoms in total. The fraction of sp³-hybridized carbons (Fsp3) is 0.421. The second kappa shape index (κ2) is 6.99. The minimum absolute atomic E-state index is 0.135. The Morgan fingerprint density at radius 1 is 1.25 bits per heavy atom. The molecule has 1 heterocycles. The van der Waals surface area contributed by atoms with E-state index in [-0.39, 0.29) is 11.7 Å². The monoisotopic (exact) mass is 325 g/mol. The van der Waals surface area contributed by atoms with Crippen molar-refractivity contribution in [2.24, 2.45) is 0 Å². The highest BCUT2D eigenvalue weighted by Gasteiger charge is 2.27. The summed E-state index contributed by atoms with van der Waals surface area (Å²) in [6.07, 6.45) is 4.08. The Labute approximate surface area is 142 Å². The first-order valence-corrected chi connectivity index (χ1v) is 8.52. The third-order valence-corrected chi connectivity index (χ3v) is 4.48. The number of nitrogens with one attached hydrogen (secondary N) is 1. The molecule has 3 rings (SSSR count). The SMILES string of the molecule is CC(=O)CCCNC(=O)c1nn(-c2ccccc2C)c2c1CCC2. The first-order valence-electron chi connectivity index (χ1n) is 8.52. The fourth-order valence-corrected chi connectivity index (χ4v) is 3.24. The van der Waals surface area contributed by atoms with Crippen molar-refractivity contribution in [1.29, 1.82) is 0 Å². The summed E-state index contributed by atoms with van der Waals surface area (Å²) in [4.78, 5) is 23.5. The number of hydrogen-bond acceptors (Lipinski definition) is 3. The lowest BCUT2D eigenvalue weighted by Crippen LogP contribution is -2.26. The summed E-state index contributed by atoms with van der Waals surface area (Å²) in [6.45, 7) is 4.13. The van der Waals surface area contributed by atoms with E-state index in [0.717, 1.165) is 41.8 Å². The molecule has 1 amide bonds. The minimum atomic E-state index is -0.135. The average Bonchev–Trinajstić information content (AvgIpc) is 3.14. The quantitative estimate of drug-likeness (QED) is 0.831. The third-order valence-electron chi connectivity index (χ3n) is 4.48. The number of para-hydroxylation sites is 1. The van der Waals surface area contributed by atoms with Crippen molar-refractivity contribution in [3.05, 3.63) is 46.8 Å². The number of hydrogen-bond donors (Lipinski definition) is 1. The molecule has 0 saturated carbocycles. The number of ketones is 1. The van der Waals surface area contributed by atoms with Gasteiger partial charge in [-0.3, -0.25) is 4.79 Å². The first kappa shape index (κ1) is 16.4. The van der Waals surface area contributed by atoms with Crippen molar-refractivity contribution in [2.45, 2.75) is 46.0 Å². The fourth-order valence-electron chi connectivity index (χ4n) is 3.24. The Morgan fingerprint density at radius 3 is 2.79 bits per heavy atom. The maximum absolute atomic E-state index is 12.5. The smallest absolute Gasteiger partial charge is 0.272 e. The highest BCUT2D eigenvalue weighted by molar-refractivity contribution is 5.94. The summed E-state index contributed by atoms with van der Waals surface area (Å²) in [6, 6.07) is 8.09. The Bertz CT molecular complexity index is 777. The van der Waals surface area contributed by atoms with Gasteiger partial charge in [-0.05, 0) is 51.2 Å². The second-order valence-electron chi connectivity index (χ2n) is 6.39. The van der Waals surface area contributed by atoms with Gasteiger partial charge >= 0.3 is 0 Å². The number of Topliss-reactive ketones (excluding diaryl/α,β-unsaturated/α-hetero) is 1. The zero-order valence-corrected chi connectivity index (χ0v) is 14.3. The molecule has 0 fully saturated rings. The van der Waals surface area contributed by atoms with Crippen LogP contribution in [0.3, 0.4) is 0 Å². The van der Waals surface area contributed by atoms with Gasteiger partial charge in [0.25, 0.3) is 5.91 Å². The van der Waals surface area contributed by atoms with E-state index in [1.54, 1.807) is 6.92 Å². The van der Waals surface area contributed by atoms with Crippen molar-refractivity contribution >= 4 is 11.7 Å². The van der Waals surface area contributed by atoms with E-state index in [2.05, 4.69) is 23.4 Å². The molecule has 0 saturated heterocycles. The van der Waals surface area contributed by atoms with Crippen LogP contribution >= 0.6 is 0 Å². The number of carbonyl (C=O) groups is 2. The van der Waals surface area contributed by atoms with Crippen LogP contribution in [0.2, 0.25) is 0 Å². The van der Waals surface area contributed by atoms with E-state index in [1.807, 2.05) is 22.9 Å². The molecule has 1 aliphatic rings. The van der Waals surface area contributed by atoms with E-state index >= 15 is 0 Å². The molecule has 0 radical (unpaired) electrons. The van der Waals surface area contributed by atoms with Crippen molar-refractivity contribution < 1.29 is 9.59 Å². The molecule has 24 heavy (non-hydrogen) atoms. The molecule has 0 bridgehead atoms. The Morgan fingerprint density at radius 2 is 2.04 bits per heavy atom. The highest BCUT2D eigenvalue weighted by atomic mass is 16.2. The number of aryl methyl sites for hydroxylation is 1. The second-order valence-corrected chi connectivity index (χ2v) is 6.39. The van der Waals surface area contributed by atoms with Crippen molar-refractivity contribution in [3.63, 3.8) is 0 Å². The molecule has 0 atom stereocenters. The van der Waals surface area contributed by atoms with E-state index in [1.165, 1.54) is 0 Å². The van der Waals surface area contributed by atoms with Crippen LogP contribution in [-0.2, 0) is 17.6 Å². The Balaban J connectivity index is 1.83. The van der Waals surface area contributed by atoms with Crippen LogP contribution in [0.15, 0.2) is 24.3 Å². The van der Waals surface area contributed by atoms with Gasteiger partial charge in [0.1, 0.15) is 5.78 Å². The van der Waals surface area contributed by atoms with Gasteiger partial charge in [0, 0.05) is 24.2 Å². The summed E-state index contributed by atoms with van der Waals surface area (Å²) in [5, 5.41) is 7.51. The maximum atomic E-state index is 12.5. The highest BCUT2D eigenvalue weighted by Crippen LogP contribution is 2.28. The molecule has 5 heteroatoms. The van der Waals surface area contributed by atoms with E-state index in [0.29, 0.717) is 25.1 Å². The molecular formula is C19H23N3O2. The number of nitrogens with zero attached hydrogens (tertiary/aromatic N) is 2. The number of aromatic nitrogens is 2. The standard InChI is InChI=1S/C19H23N3O2/c1-13-7-3-4-10-16(13)22-17-11-5-9-15(17)18(21-22)19(24)20-12-6-8-14(2)23/h3-4,7,10H,5-6,8-9,11-12H2,1-2H3,(H,20,24). The number of rotatable bonds is 6. The molecule has 0 spiro atoms. The molecule has 2 aromatic rings. The van der Waals surface area contributed by atoms with E-state index in [4.69, 9.17) is 0 Å².